The third-order valence-corrected chi connectivity index (χ3v) is 3.89. The van der Waals surface area contributed by atoms with Crippen molar-refractivity contribution >= 4 is 0 Å². The van der Waals surface area contributed by atoms with E-state index in [0.29, 0.717) is 5.89 Å². The second-order valence-electron chi connectivity index (χ2n) is 5.35. The van der Waals surface area contributed by atoms with Crippen LogP contribution in [0.5, 0.6) is 0 Å². The molecule has 1 unspecified atom stereocenters. The van der Waals surface area contributed by atoms with E-state index in [1.807, 2.05) is 24.3 Å². The van der Waals surface area contributed by atoms with E-state index in [2.05, 4.69) is 23.1 Å². The lowest BCUT2D eigenvalue weighted by Crippen LogP contribution is -2.16. The molecule has 4 nitrogen and oxygen atoms in total. The predicted molar refractivity (Wildman–Crippen MR) is 85.3 cm³/mol. The van der Waals surface area contributed by atoms with E-state index >= 15 is 0 Å². The molecule has 4 heteroatoms. The minimum atomic E-state index is 0.0989. The summed E-state index contributed by atoms with van der Waals surface area (Å²) >= 11 is 0. The van der Waals surface area contributed by atoms with Gasteiger partial charge in [-0.15, -0.1) is 0 Å². The number of rotatable bonds is 4. The van der Waals surface area contributed by atoms with Crippen LogP contribution in [0.2, 0.25) is 0 Å². The summed E-state index contributed by atoms with van der Waals surface area (Å²) in [6, 6.07) is 5.66. The number of hydrogen-bond acceptors (Lipinski definition) is 4. The van der Waals surface area contributed by atoms with Crippen LogP contribution in [0.4, 0.5) is 0 Å². The molecule has 3 rings (SSSR count). The quantitative estimate of drug-likeness (QED) is 0.683. The van der Waals surface area contributed by atoms with E-state index in [9.17, 15) is 5.11 Å². The highest BCUT2D eigenvalue weighted by Gasteiger charge is 2.27. The summed E-state index contributed by atoms with van der Waals surface area (Å²) in [4.78, 5) is 8.85. The van der Waals surface area contributed by atoms with Gasteiger partial charge in [-0.3, -0.25) is 4.98 Å². The van der Waals surface area contributed by atoms with Gasteiger partial charge in [-0.25, -0.2) is 4.98 Å². The first kappa shape index (κ1) is 14.3. The highest BCUT2D eigenvalue weighted by Crippen LogP contribution is 2.34. The molecule has 112 valence electrons. The molecule has 0 fully saturated rings. The van der Waals surface area contributed by atoms with E-state index in [1.165, 1.54) is 0 Å². The van der Waals surface area contributed by atoms with E-state index < -0.39 is 0 Å². The van der Waals surface area contributed by atoms with Crippen molar-refractivity contribution in [1.29, 1.82) is 0 Å². The fourth-order valence-electron chi connectivity index (χ4n) is 2.84. The smallest absolute Gasteiger partial charge is 0.245 e. The number of aliphatic hydroxyl groups excluding tert-OH is 1. The second kappa shape index (κ2) is 6.02. The Labute approximate surface area is 129 Å². The number of aromatic nitrogens is 2. The summed E-state index contributed by atoms with van der Waals surface area (Å²) in [5.74, 6) is 1.76. The van der Waals surface area contributed by atoms with Crippen LogP contribution in [0, 0.1) is 5.92 Å². The third kappa shape index (κ3) is 2.72. The topological polar surface area (TPSA) is 59.2 Å². The average molecular weight is 294 g/mol. The lowest BCUT2D eigenvalue weighted by molar-refractivity contribution is 0.384. The summed E-state index contributed by atoms with van der Waals surface area (Å²) in [6.45, 7) is 7.34. The molecule has 1 aliphatic carbocycles. The molecular formula is C18H18N2O2. The van der Waals surface area contributed by atoms with Gasteiger partial charge in [0.05, 0.1) is 5.69 Å². The third-order valence-electron chi connectivity index (χ3n) is 3.89. The van der Waals surface area contributed by atoms with Crippen molar-refractivity contribution in [3.05, 3.63) is 72.5 Å². The summed E-state index contributed by atoms with van der Waals surface area (Å²) in [5, 5.41) is 9.76. The lowest BCUT2D eigenvalue weighted by atomic mass is 9.83. The molecule has 2 heterocycles. The fourth-order valence-corrected chi connectivity index (χ4v) is 2.84. The molecule has 2 aromatic heterocycles. The van der Waals surface area contributed by atoms with Crippen molar-refractivity contribution in [2.75, 3.05) is 0 Å². The molecule has 0 bridgehead atoms. The average Bonchev–Trinajstić information content (AvgIpc) is 2.96. The highest BCUT2D eigenvalue weighted by atomic mass is 16.4. The van der Waals surface area contributed by atoms with Crippen LogP contribution >= 0.6 is 0 Å². The molecule has 1 N–H and O–H groups in total. The van der Waals surface area contributed by atoms with E-state index in [1.54, 1.807) is 12.3 Å². The van der Waals surface area contributed by atoms with Crippen LogP contribution in [0.15, 0.2) is 65.5 Å². The number of fused-ring (bicyclic) bond motifs is 1. The van der Waals surface area contributed by atoms with Crippen molar-refractivity contribution in [2.24, 2.45) is 5.92 Å². The summed E-state index contributed by atoms with van der Waals surface area (Å²) in [6.07, 6.45) is 7.63. The molecule has 1 atom stereocenters. The first-order chi connectivity index (χ1) is 10.7. The van der Waals surface area contributed by atoms with Gasteiger partial charge in [0, 0.05) is 19.0 Å². The van der Waals surface area contributed by atoms with E-state index in [4.69, 9.17) is 4.42 Å². The van der Waals surface area contributed by atoms with Gasteiger partial charge < -0.3 is 9.52 Å². The first-order valence-corrected chi connectivity index (χ1v) is 7.30. The van der Waals surface area contributed by atoms with Gasteiger partial charge in [0.15, 0.2) is 0 Å². The lowest BCUT2D eigenvalue weighted by Gasteiger charge is -2.22. The van der Waals surface area contributed by atoms with Gasteiger partial charge in [-0.1, -0.05) is 31.4 Å². The Morgan fingerprint density at radius 3 is 2.95 bits per heavy atom. The zero-order chi connectivity index (χ0) is 15.5. The second-order valence-corrected chi connectivity index (χ2v) is 5.35. The Morgan fingerprint density at radius 1 is 1.41 bits per heavy atom. The van der Waals surface area contributed by atoms with Crippen molar-refractivity contribution in [3.8, 4) is 11.6 Å². The molecule has 2 aromatic rings. The first-order valence-electron chi connectivity index (χ1n) is 7.30. The summed E-state index contributed by atoms with van der Waals surface area (Å²) < 4.78 is 5.84. The highest BCUT2D eigenvalue weighted by molar-refractivity contribution is 5.47. The zero-order valence-electron chi connectivity index (χ0n) is 12.3. The van der Waals surface area contributed by atoms with Crippen LogP contribution in [-0.2, 0) is 12.8 Å². The Hall–Kier alpha value is -2.62. The van der Waals surface area contributed by atoms with Crippen molar-refractivity contribution in [2.45, 2.75) is 19.3 Å². The normalized spacial score (nSPS) is 17.8. The summed E-state index contributed by atoms with van der Waals surface area (Å²) in [5.41, 5.74) is 2.50. The Bertz CT molecular complexity index is 729. The molecule has 0 aliphatic heterocycles. The number of aryl methyl sites for hydroxylation is 1. The molecule has 0 saturated heterocycles. The van der Waals surface area contributed by atoms with Crippen LogP contribution in [0.25, 0.3) is 11.6 Å². The zero-order valence-corrected chi connectivity index (χ0v) is 12.3. The maximum absolute atomic E-state index is 9.76. The maximum Gasteiger partial charge on any atom is 0.245 e. The molecule has 22 heavy (non-hydrogen) atoms. The van der Waals surface area contributed by atoms with Gasteiger partial charge in [0.25, 0.3) is 0 Å². The molecule has 0 saturated carbocycles. The number of allylic oxidation sites excluding steroid dienone is 3. The van der Waals surface area contributed by atoms with Gasteiger partial charge in [0.2, 0.25) is 5.89 Å². The molecule has 0 spiro atoms. The Balaban J connectivity index is 1.88. The van der Waals surface area contributed by atoms with Gasteiger partial charge >= 0.3 is 0 Å². The fraction of sp³-hybridized carbons (Fsp3) is 0.222. The summed E-state index contributed by atoms with van der Waals surface area (Å²) in [7, 11) is 0. The van der Waals surface area contributed by atoms with Gasteiger partial charge in [0.1, 0.15) is 17.2 Å². The number of nitrogens with zero attached hydrogens (tertiary/aromatic N) is 2. The molecule has 0 radical (unpaired) electrons. The number of hydrogen-bond donors (Lipinski definition) is 1. The number of pyridine rings is 1. The molecule has 0 aromatic carbocycles. The molecular weight excluding hydrogens is 276 g/mol. The Kier molecular flexibility index (Phi) is 3.92. The standard InChI is InChI=1S/C18H18N2O2/c1-3-6-14(12(2)21)13-8-9-17-16(11-13)20-18(22-17)15-7-4-5-10-19-15/h3-7,10,13,21H,1-2,8-9,11H2/b14-6+. The van der Waals surface area contributed by atoms with Crippen molar-refractivity contribution in [1.82, 2.24) is 9.97 Å². The maximum atomic E-state index is 9.76. The van der Waals surface area contributed by atoms with Crippen LogP contribution in [-0.4, -0.2) is 15.1 Å². The Morgan fingerprint density at radius 2 is 2.27 bits per heavy atom. The van der Waals surface area contributed by atoms with Crippen molar-refractivity contribution in [3.63, 3.8) is 0 Å². The minimum absolute atomic E-state index is 0.0989. The SMILES string of the molecule is C=C/C=C(\C(=C)O)C1CCc2oc(-c3ccccn3)nc2C1. The number of oxazole rings is 1. The van der Waals surface area contributed by atoms with Crippen LogP contribution < -0.4 is 0 Å². The van der Waals surface area contributed by atoms with E-state index in [-0.39, 0.29) is 11.7 Å². The molecule has 0 amide bonds. The van der Waals surface area contributed by atoms with Crippen molar-refractivity contribution < 1.29 is 9.52 Å². The monoisotopic (exact) mass is 294 g/mol. The van der Waals surface area contributed by atoms with Crippen LogP contribution in [0.3, 0.4) is 0 Å². The van der Waals surface area contributed by atoms with Gasteiger partial charge in [-0.05, 0) is 30.0 Å². The molecule has 1 aliphatic rings. The minimum Gasteiger partial charge on any atom is -0.508 e. The van der Waals surface area contributed by atoms with Gasteiger partial charge in [-0.2, -0.15) is 0 Å². The van der Waals surface area contributed by atoms with E-state index in [0.717, 1.165) is 42.0 Å². The number of aliphatic hydroxyl groups is 1. The largest absolute Gasteiger partial charge is 0.508 e. The predicted octanol–water partition coefficient (Wildman–Crippen LogP) is 4.03. The van der Waals surface area contributed by atoms with Crippen LogP contribution in [0.1, 0.15) is 17.9 Å².